The second kappa shape index (κ2) is 9.22. The lowest BCUT2D eigenvalue weighted by molar-refractivity contribution is -0.857. The second-order valence-corrected chi connectivity index (χ2v) is 7.59. The van der Waals surface area contributed by atoms with Gasteiger partial charge < -0.3 is 19.9 Å². The highest BCUT2D eigenvalue weighted by molar-refractivity contribution is 7.80. The second-order valence-electron chi connectivity index (χ2n) is 5.73. The molecular formula is C17H23ClN3OS2+. The summed E-state index contributed by atoms with van der Waals surface area (Å²) in [6.07, 6.45) is 0. The van der Waals surface area contributed by atoms with Gasteiger partial charge in [0.15, 0.2) is 5.11 Å². The standard InChI is InChI=1S/C17H22ClN3OS2/c1-20(2)8-9-21(12-14-5-4-10-24-14)17(23)19-15-11-13(18)6-7-16(15)22-3/h4-7,10-11H,8-9,12H2,1-3H3,(H,19,23)/p+1. The number of quaternary nitrogens is 1. The molecule has 0 aliphatic heterocycles. The number of hydrogen-bond donors (Lipinski definition) is 2. The van der Waals surface area contributed by atoms with Gasteiger partial charge in [0.05, 0.1) is 46.5 Å². The first-order chi connectivity index (χ1) is 11.5. The summed E-state index contributed by atoms with van der Waals surface area (Å²) in [5.41, 5.74) is 0.781. The van der Waals surface area contributed by atoms with Crippen molar-refractivity contribution >= 4 is 46.0 Å². The molecule has 0 radical (unpaired) electrons. The van der Waals surface area contributed by atoms with Gasteiger partial charge in [-0.1, -0.05) is 17.7 Å². The van der Waals surface area contributed by atoms with Crippen molar-refractivity contribution in [2.24, 2.45) is 0 Å². The van der Waals surface area contributed by atoms with Gasteiger partial charge in [-0.25, -0.2) is 0 Å². The van der Waals surface area contributed by atoms with Gasteiger partial charge in [-0.2, -0.15) is 0 Å². The average molecular weight is 385 g/mol. The van der Waals surface area contributed by atoms with E-state index in [0.29, 0.717) is 10.1 Å². The fourth-order valence-electron chi connectivity index (χ4n) is 2.17. The van der Waals surface area contributed by atoms with Crippen LogP contribution in [0, 0.1) is 0 Å². The molecule has 4 nitrogen and oxygen atoms in total. The van der Waals surface area contributed by atoms with Crippen LogP contribution in [0.25, 0.3) is 0 Å². The highest BCUT2D eigenvalue weighted by Crippen LogP contribution is 2.28. The van der Waals surface area contributed by atoms with E-state index in [-0.39, 0.29) is 0 Å². The molecule has 1 heterocycles. The molecular weight excluding hydrogens is 362 g/mol. The van der Waals surface area contributed by atoms with Gasteiger partial charge >= 0.3 is 0 Å². The van der Waals surface area contributed by atoms with E-state index in [4.69, 9.17) is 28.6 Å². The number of ether oxygens (including phenoxy) is 1. The van der Waals surface area contributed by atoms with E-state index in [1.807, 2.05) is 12.1 Å². The molecule has 0 fully saturated rings. The van der Waals surface area contributed by atoms with Crippen LogP contribution in [0.5, 0.6) is 5.75 Å². The minimum atomic E-state index is 0.642. The minimum absolute atomic E-state index is 0.642. The Hall–Kier alpha value is -1.34. The summed E-state index contributed by atoms with van der Waals surface area (Å²) in [7, 11) is 5.91. The van der Waals surface area contributed by atoms with E-state index >= 15 is 0 Å². The SMILES string of the molecule is COc1ccc(Cl)cc1NC(=S)N(CC[NH+](C)C)Cc1cccs1. The Balaban J connectivity index is 2.13. The van der Waals surface area contributed by atoms with Gasteiger partial charge in [-0.3, -0.25) is 0 Å². The summed E-state index contributed by atoms with van der Waals surface area (Å²) >= 11 is 13.5. The third-order valence-corrected chi connectivity index (χ3v) is 4.96. The average Bonchev–Trinajstić information content (AvgIpc) is 3.04. The zero-order chi connectivity index (χ0) is 17.5. The molecule has 0 bridgehead atoms. The summed E-state index contributed by atoms with van der Waals surface area (Å²) in [4.78, 5) is 4.84. The molecule has 0 saturated heterocycles. The van der Waals surface area contributed by atoms with Crippen molar-refractivity contribution in [1.29, 1.82) is 0 Å². The predicted molar refractivity (Wildman–Crippen MR) is 107 cm³/mol. The Bertz CT molecular complexity index is 662. The number of nitrogens with one attached hydrogen (secondary N) is 2. The Morgan fingerprint density at radius 3 is 2.79 bits per heavy atom. The van der Waals surface area contributed by atoms with Crippen LogP contribution in [-0.2, 0) is 6.54 Å². The Labute approximate surface area is 158 Å². The Morgan fingerprint density at radius 1 is 1.38 bits per heavy atom. The molecule has 1 aromatic heterocycles. The summed E-state index contributed by atoms with van der Waals surface area (Å²) < 4.78 is 5.38. The number of anilines is 1. The third kappa shape index (κ3) is 5.63. The van der Waals surface area contributed by atoms with Crippen LogP contribution in [0.3, 0.4) is 0 Å². The first-order valence-corrected chi connectivity index (χ1v) is 9.37. The smallest absolute Gasteiger partial charge is 0.174 e. The van der Waals surface area contributed by atoms with Gasteiger partial charge in [0.2, 0.25) is 0 Å². The summed E-state index contributed by atoms with van der Waals surface area (Å²) in [6, 6.07) is 9.65. The fourth-order valence-corrected chi connectivity index (χ4v) is 3.33. The number of nitrogens with zero attached hydrogens (tertiary/aromatic N) is 1. The Kier molecular flexibility index (Phi) is 7.30. The number of thiocarbonyl (C=S) groups is 1. The number of halogens is 1. The van der Waals surface area contributed by atoms with Crippen molar-refractivity contribution in [3.8, 4) is 5.75 Å². The summed E-state index contributed by atoms with van der Waals surface area (Å²) in [6.45, 7) is 2.66. The van der Waals surface area contributed by atoms with Crippen molar-refractivity contribution in [2.45, 2.75) is 6.54 Å². The van der Waals surface area contributed by atoms with E-state index in [9.17, 15) is 0 Å². The number of methoxy groups -OCH3 is 1. The van der Waals surface area contributed by atoms with Crippen molar-refractivity contribution in [3.05, 3.63) is 45.6 Å². The maximum atomic E-state index is 6.10. The zero-order valence-electron chi connectivity index (χ0n) is 14.1. The number of benzene rings is 1. The molecule has 0 aliphatic carbocycles. The lowest BCUT2D eigenvalue weighted by Gasteiger charge is -2.26. The molecule has 1 aromatic carbocycles. The molecule has 2 N–H and O–H groups in total. The normalized spacial score (nSPS) is 10.7. The van der Waals surface area contributed by atoms with Crippen LogP contribution in [0.1, 0.15) is 4.88 Å². The number of rotatable bonds is 7. The molecule has 24 heavy (non-hydrogen) atoms. The quantitative estimate of drug-likeness (QED) is 0.718. The maximum absolute atomic E-state index is 6.10. The molecule has 2 rings (SSSR count). The maximum Gasteiger partial charge on any atom is 0.174 e. The van der Waals surface area contributed by atoms with E-state index in [1.165, 1.54) is 9.78 Å². The summed E-state index contributed by atoms with van der Waals surface area (Å²) in [5, 5.41) is 6.68. The van der Waals surface area contributed by atoms with Crippen molar-refractivity contribution in [2.75, 3.05) is 39.6 Å². The van der Waals surface area contributed by atoms with E-state index in [0.717, 1.165) is 31.1 Å². The van der Waals surface area contributed by atoms with Gasteiger partial charge in [-0.05, 0) is 41.9 Å². The highest BCUT2D eigenvalue weighted by Gasteiger charge is 2.15. The van der Waals surface area contributed by atoms with Crippen LogP contribution in [-0.4, -0.2) is 44.3 Å². The van der Waals surface area contributed by atoms with Crippen LogP contribution < -0.4 is 15.0 Å². The molecule has 0 atom stereocenters. The lowest BCUT2D eigenvalue weighted by Crippen LogP contribution is -3.06. The largest absolute Gasteiger partial charge is 0.495 e. The molecule has 0 saturated carbocycles. The van der Waals surface area contributed by atoms with Gasteiger partial charge in [0.25, 0.3) is 0 Å². The third-order valence-electron chi connectivity index (χ3n) is 3.50. The molecule has 0 spiro atoms. The first kappa shape index (κ1) is 19.0. The molecule has 130 valence electrons. The van der Waals surface area contributed by atoms with Crippen LogP contribution in [0.15, 0.2) is 35.7 Å². The molecule has 7 heteroatoms. The molecule has 0 amide bonds. The van der Waals surface area contributed by atoms with E-state index < -0.39 is 0 Å². The monoisotopic (exact) mass is 384 g/mol. The highest BCUT2D eigenvalue weighted by atomic mass is 35.5. The first-order valence-electron chi connectivity index (χ1n) is 7.70. The fraction of sp³-hybridized carbons (Fsp3) is 0.353. The Morgan fingerprint density at radius 2 is 2.17 bits per heavy atom. The van der Waals surface area contributed by atoms with E-state index in [1.54, 1.807) is 24.5 Å². The van der Waals surface area contributed by atoms with E-state index in [2.05, 4.69) is 41.8 Å². The van der Waals surface area contributed by atoms with Crippen molar-refractivity contribution in [1.82, 2.24) is 4.90 Å². The van der Waals surface area contributed by atoms with Gasteiger partial charge in [0.1, 0.15) is 5.75 Å². The van der Waals surface area contributed by atoms with Gasteiger partial charge in [-0.15, -0.1) is 11.3 Å². The molecule has 0 unspecified atom stereocenters. The number of hydrogen-bond acceptors (Lipinski definition) is 3. The van der Waals surface area contributed by atoms with Crippen molar-refractivity contribution < 1.29 is 9.64 Å². The van der Waals surface area contributed by atoms with Gasteiger partial charge in [0, 0.05) is 9.90 Å². The van der Waals surface area contributed by atoms with Crippen LogP contribution in [0.4, 0.5) is 5.69 Å². The molecule has 0 aliphatic rings. The van der Waals surface area contributed by atoms with Crippen molar-refractivity contribution in [3.63, 3.8) is 0 Å². The van der Waals surface area contributed by atoms with Crippen LogP contribution in [0.2, 0.25) is 5.02 Å². The van der Waals surface area contributed by atoms with Crippen LogP contribution >= 0.6 is 35.2 Å². The summed E-state index contributed by atoms with van der Waals surface area (Å²) in [5.74, 6) is 0.719. The minimum Gasteiger partial charge on any atom is -0.495 e. The number of likely N-dealkylation sites (N-methyl/N-ethyl adjacent to an activating group) is 1. The topological polar surface area (TPSA) is 28.9 Å². The predicted octanol–water partition coefficient (Wildman–Crippen LogP) is 2.75. The zero-order valence-corrected chi connectivity index (χ0v) is 16.5. The molecule has 2 aromatic rings. The lowest BCUT2D eigenvalue weighted by atomic mass is 10.3. The number of thiophene rings is 1.